The van der Waals surface area contributed by atoms with Gasteiger partial charge in [-0.15, -0.1) is 0 Å². The Bertz CT molecular complexity index is 59.5. The van der Waals surface area contributed by atoms with E-state index in [4.69, 9.17) is 0 Å². The highest BCUT2D eigenvalue weighted by molar-refractivity contribution is 5.59. The zero-order valence-corrected chi connectivity index (χ0v) is 5.65. The van der Waals surface area contributed by atoms with Gasteiger partial charge < -0.3 is 5.32 Å². The van der Waals surface area contributed by atoms with Crippen LogP contribution >= 0.6 is 0 Å². The predicted molar refractivity (Wildman–Crippen MR) is 37.6 cm³/mol. The molecule has 0 rings (SSSR count). The van der Waals surface area contributed by atoms with Gasteiger partial charge in [-0.25, -0.2) is 0 Å². The topological polar surface area (TPSA) is 24.4 Å². The molecule has 0 aromatic rings. The van der Waals surface area contributed by atoms with Crippen molar-refractivity contribution in [3.05, 3.63) is 0 Å². The van der Waals surface area contributed by atoms with E-state index in [9.17, 15) is 0 Å². The Morgan fingerprint density at radius 1 is 1.50 bits per heavy atom. The third-order valence-corrected chi connectivity index (χ3v) is 0.797. The summed E-state index contributed by atoms with van der Waals surface area (Å²) in [6.07, 6.45) is 1.91. The summed E-state index contributed by atoms with van der Waals surface area (Å²) in [5.41, 5.74) is 0. The van der Waals surface area contributed by atoms with Crippen LogP contribution in [0.5, 0.6) is 0 Å². The summed E-state index contributed by atoms with van der Waals surface area (Å²) < 4.78 is 0. The van der Waals surface area contributed by atoms with Gasteiger partial charge in [0.05, 0.1) is 0 Å². The van der Waals surface area contributed by atoms with Gasteiger partial charge in [0, 0.05) is 19.3 Å². The minimum atomic E-state index is 0.894. The van der Waals surface area contributed by atoms with E-state index in [1.54, 1.807) is 0 Å². The molecular weight excluding hydrogens is 100 g/mol. The highest BCUT2D eigenvalue weighted by atomic mass is 14.9. The Labute approximate surface area is 51.0 Å². The molecule has 8 heavy (non-hydrogen) atoms. The van der Waals surface area contributed by atoms with Crippen LogP contribution in [0.25, 0.3) is 0 Å². The van der Waals surface area contributed by atoms with Crippen molar-refractivity contribution in [2.75, 3.05) is 19.6 Å². The second-order valence-corrected chi connectivity index (χ2v) is 1.49. The van der Waals surface area contributed by atoms with Crippen molar-refractivity contribution in [3.63, 3.8) is 0 Å². The molecule has 2 nitrogen and oxygen atoms in total. The van der Waals surface area contributed by atoms with E-state index < -0.39 is 0 Å². The van der Waals surface area contributed by atoms with Crippen molar-refractivity contribution >= 4 is 6.21 Å². The molecule has 0 unspecified atom stereocenters. The standard InChI is InChI=1S/C6H14N2/c1-3-7-5-6-8-4-2/h5,8H,3-4,6H2,1-2H3. The van der Waals surface area contributed by atoms with Gasteiger partial charge in [0.1, 0.15) is 0 Å². The molecule has 0 atom stereocenters. The van der Waals surface area contributed by atoms with Crippen LogP contribution in [0.1, 0.15) is 13.8 Å². The van der Waals surface area contributed by atoms with Crippen molar-refractivity contribution < 1.29 is 0 Å². The summed E-state index contributed by atoms with van der Waals surface area (Å²) in [4.78, 5) is 4.02. The molecule has 0 saturated heterocycles. The summed E-state index contributed by atoms with van der Waals surface area (Å²) in [7, 11) is 0. The molecule has 0 amide bonds. The third kappa shape index (κ3) is 5.63. The van der Waals surface area contributed by atoms with Crippen molar-refractivity contribution in [1.82, 2.24) is 5.32 Å². The summed E-state index contributed by atoms with van der Waals surface area (Å²) in [5.74, 6) is 0. The first-order valence-electron chi connectivity index (χ1n) is 3.10. The van der Waals surface area contributed by atoms with Crippen LogP contribution in [0.3, 0.4) is 0 Å². The molecule has 0 saturated carbocycles. The molecule has 0 aliphatic heterocycles. The smallest absolute Gasteiger partial charge is 0.0357 e. The maximum atomic E-state index is 4.02. The van der Waals surface area contributed by atoms with Crippen LogP contribution in [0.2, 0.25) is 0 Å². The van der Waals surface area contributed by atoms with E-state index >= 15 is 0 Å². The van der Waals surface area contributed by atoms with Gasteiger partial charge in [-0.1, -0.05) is 6.92 Å². The molecule has 0 bridgehead atoms. The van der Waals surface area contributed by atoms with Crippen LogP contribution in [-0.2, 0) is 0 Å². The number of nitrogens with one attached hydrogen (secondary N) is 1. The van der Waals surface area contributed by atoms with Crippen LogP contribution in [0.15, 0.2) is 4.99 Å². The number of aliphatic imine (C=N–C) groups is 1. The largest absolute Gasteiger partial charge is 0.312 e. The summed E-state index contributed by atoms with van der Waals surface area (Å²) in [5, 5.41) is 3.13. The fraction of sp³-hybridized carbons (Fsp3) is 0.833. The first kappa shape index (κ1) is 7.63. The molecule has 0 radical (unpaired) electrons. The monoisotopic (exact) mass is 114 g/mol. The first-order valence-corrected chi connectivity index (χ1v) is 3.10. The van der Waals surface area contributed by atoms with E-state index in [1.165, 1.54) is 0 Å². The average molecular weight is 114 g/mol. The molecule has 0 aromatic carbocycles. The molecule has 0 spiro atoms. The second kappa shape index (κ2) is 6.63. The lowest BCUT2D eigenvalue weighted by atomic mass is 10.6. The number of nitrogens with zero attached hydrogens (tertiary/aromatic N) is 1. The number of rotatable bonds is 4. The van der Waals surface area contributed by atoms with Crippen LogP contribution in [0.4, 0.5) is 0 Å². The van der Waals surface area contributed by atoms with E-state index in [2.05, 4.69) is 17.2 Å². The summed E-state index contributed by atoms with van der Waals surface area (Å²) in [6, 6.07) is 0. The summed E-state index contributed by atoms with van der Waals surface area (Å²) >= 11 is 0. The molecular formula is C6H14N2. The third-order valence-electron chi connectivity index (χ3n) is 0.797. The minimum Gasteiger partial charge on any atom is -0.312 e. The Hall–Kier alpha value is -0.370. The van der Waals surface area contributed by atoms with Gasteiger partial charge in [-0.3, -0.25) is 4.99 Å². The number of hydrogen-bond acceptors (Lipinski definition) is 2. The molecule has 0 aromatic heterocycles. The average Bonchev–Trinajstić information content (AvgIpc) is 1.81. The van der Waals surface area contributed by atoms with E-state index in [1.807, 2.05) is 13.1 Å². The molecule has 0 heterocycles. The van der Waals surface area contributed by atoms with Gasteiger partial charge in [-0.2, -0.15) is 0 Å². The van der Waals surface area contributed by atoms with Crippen molar-refractivity contribution in [2.45, 2.75) is 13.8 Å². The Morgan fingerprint density at radius 2 is 2.25 bits per heavy atom. The van der Waals surface area contributed by atoms with E-state index in [0.717, 1.165) is 19.6 Å². The maximum absolute atomic E-state index is 4.02. The van der Waals surface area contributed by atoms with Crippen LogP contribution in [0, 0.1) is 0 Å². The van der Waals surface area contributed by atoms with E-state index in [0.29, 0.717) is 0 Å². The number of hydrogen-bond donors (Lipinski definition) is 1. The van der Waals surface area contributed by atoms with Gasteiger partial charge in [-0.05, 0) is 13.5 Å². The SMILES string of the molecule is CCN=CCNCC. The molecule has 1 N–H and O–H groups in total. The fourth-order valence-corrected chi connectivity index (χ4v) is 0.403. The zero-order valence-electron chi connectivity index (χ0n) is 5.65. The molecule has 2 heteroatoms. The second-order valence-electron chi connectivity index (χ2n) is 1.49. The molecule has 0 aliphatic rings. The Kier molecular flexibility index (Phi) is 6.32. The summed E-state index contributed by atoms with van der Waals surface area (Å²) in [6.45, 7) is 6.94. The van der Waals surface area contributed by atoms with E-state index in [-0.39, 0.29) is 0 Å². The highest BCUT2D eigenvalue weighted by Gasteiger charge is 1.71. The lowest BCUT2D eigenvalue weighted by Gasteiger charge is -1.90. The van der Waals surface area contributed by atoms with Crippen molar-refractivity contribution in [3.8, 4) is 0 Å². The van der Waals surface area contributed by atoms with Crippen molar-refractivity contribution in [1.29, 1.82) is 0 Å². The molecule has 0 fully saturated rings. The Morgan fingerprint density at radius 3 is 2.75 bits per heavy atom. The van der Waals surface area contributed by atoms with Crippen LogP contribution < -0.4 is 5.32 Å². The molecule has 0 aliphatic carbocycles. The zero-order chi connectivity index (χ0) is 6.24. The van der Waals surface area contributed by atoms with Gasteiger partial charge in [0.2, 0.25) is 0 Å². The first-order chi connectivity index (χ1) is 3.91. The maximum Gasteiger partial charge on any atom is 0.0357 e. The predicted octanol–water partition coefficient (Wildman–Crippen LogP) is 0.687. The molecule has 48 valence electrons. The lowest BCUT2D eigenvalue weighted by Crippen LogP contribution is -2.14. The fourth-order valence-electron chi connectivity index (χ4n) is 0.403. The van der Waals surface area contributed by atoms with Gasteiger partial charge >= 0.3 is 0 Å². The van der Waals surface area contributed by atoms with Gasteiger partial charge in [0.25, 0.3) is 0 Å². The van der Waals surface area contributed by atoms with Crippen molar-refractivity contribution in [2.24, 2.45) is 4.99 Å². The Balaban J connectivity index is 2.80. The van der Waals surface area contributed by atoms with Gasteiger partial charge in [0.15, 0.2) is 0 Å². The highest BCUT2D eigenvalue weighted by Crippen LogP contribution is 1.60. The minimum absolute atomic E-state index is 0.894. The van der Waals surface area contributed by atoms with Crippen LogP contribution in [-0.4, -0.2) is 25.8 Å². The lowest BCUT2D eigenvalue weighted by molar-refractivity contribution is 0.822. The quantitative estimate of drug-likeness (QED) is 0.422. The normalized spacial score (nSPS) is 10.8.